The van der Waals surface area contributed by atoms with Gasteiger partial charge in [-0.2, -0.15) is 5.26 Å². The quantitative estimate of drug-likeness (QED) is 0.874. The Morgan fingerprint density at radius 1 is 1.35 bits per heavy atom. The summed E-state index contributed by atoms with van der Waals surface area (Å²) < 4.78 is 5.33. The number of rotatable bonds is 5. The van der Waals surface area contributed by atoms with Gasteiger partial charge in [0.05, 0.1) is 23.8 Å². The summed E-state index contributed by atoms with van der Waals surface area (Å²) in [5, 5.41) is 12.4. The van der Waals surface area contributed by atoms with Crippen LogP contribution < -0.4 is 5.32 Å². The number of nitrogens with zero attached hydrogens (tertiary/aromatic N) is 3. The zero-order chi connectivity index (χ0) is 18.4. The summed E-state index contributed by atoms with van der Waals surface area (Å²) in [6.45, 7) is 2.22. The lowest BCUT2D eigenvalue weighted by Gasteiger charge is -2.31. The third-order valence-corrected chi connectivity index (χ3v) is 4.47. The Balaban J connectivity index is 1.82. The van der Waals surface area contributed by atoms with E-state index in [0.29, 0.717) is 49.1 Å². The summed E-state index contributed by atoms with van der Waals surface area (Å²) in [5.74, 6) is 0.382. The fourth-order valence-electron chi connectivity index (χ4n) is 2.82. The van der Waals surface area contributed by atoms with Crippen LogP contribution in [0.2, 0.25) is 5.02 Å². The highest BCUT2D eigenvalue weighted by molar-refractivity contribution is 6.33. The molecule has 1 N–H and O–H groups in total. The molecule has 26 heavy (non-hydrogen) atoms. The molecule has 1 unspecified atom stereocenters. The zero-order valence-corrected chi connectivity index (χ0v) is 14.9. The highest BCUT2D eigenvalue weighted by atomic mass is 35.5. The molecule has 1 fully saturated rings. The number of carbonyl (C=O) groups is 1. The predicted molar refractivity (Wildman–Crippen MR) is 98.9 cm³/mol. The molecule has 1 aromatic carbocycles. The van der Waals surface area contributed by atoms with E-state index in [1.165, 1.54) is 12.3 Å². The second-order valence-electron chi connectivity index (χ2n) is 5.99. The van der Waals surface area contributed by atoms with Crippen LogP contribution in [-0.4, -0.2) is 48.1 Å². The molecule has 2 aromatic rings. The van der Waals surface area contributed by atoms with Crippen molar-refractivity contribution < 1.29 is 9.53 Å². The first kappa shape index (κ1) is 18.2. The third-order valence-electron chi connectivity index (χ3n) is 4.18. The van der Waals surface area contributed by atoms with E-state index in [-0.39, 0.29) is 5.91 Å². The number of aromatic nitrogens is 1. The molecule has 3 rings (SSSR count). The Hall–Kier alpha value is -2.62. The van der Waals surface area contributed by atoms with Crippen LogP contribution in [0.1, 0.15) is 11.1 Å². The highest BCUT2D eigenvalue weighted by Crippen LogP contribution is 2.22. The molecular formula is C19H19ClN4O2. The molecule has 0 bridgehead atoms. The lowest BCUT2D eigenvalue weighted by molar-refractivity contribution is -0.136. The SMILES string of the molecule is N#Cc1cnc(NC(Cc2ccccc2)C(=O)N2CCOCC2)c(Cl)c1. The Kier molecular flexibility index (Phi) is 6.05. The van der Waals surface area contributed by atoms with Crippen molar-refractivity contribution in [2.45, 2.75) is 12.5 Å². The molecule has 7 heteroatoms. The lowest BCUT2D eigenvalue weighted by Crippen LogP contribution is -2.48. The molecule has 1 amide bonds. The van der Waals surface area contributed by atoms with Crippen molar-refractivity contribution in [2.75, 3.05) is 31.6 Å². The first-order valence-electron chi connectivity index (χ1n) is 8.40. The Bertz CT molecular complexity index is 801. The molecule has 134 valence electrons. The number of morpholine rings is 1. The number of ether oxygens (including phenoxy) is 1. The van der Waals surface area contributed by atoms with E-state index in [4.69, 9.17) is 21.6 Å². The summed E-state index contributed by atoms with van der Waals surface area (Å²) in [6.07, 6.45) is 1.95. The van der Waals surface area contributed by atoms with Gasteiger partial charge in [-0.25, -0.2) is 4.98 Å². The van der Waals surface area contributed by atoms with E-state index in [1.807, 2.05) is 36.4 Å². The van der Waals surface area contributed by atoms with E-state index in [9.17, 15) is 4.79 Å². The van der Waals surface area contributed by atoms with Gasteiger partial charge >= 0.3 is 0 Å². The van der Waals surface area contributed by atoms with Gasteiger partial charge in [0.25, 0.3) is 0 Å². The van der Waals surface area contributed by atoms with Gasteiger partial charge in [-0.3, -0.25) is 4.79 Å². The van der Waals surface area contributed by atoms with Crippen LogP contribution in [0.25, 0.3) is 0 Å². The maximum Gasteiger partial charge on any atom is 0.245 e. The molecule has 6 nitrogen and oxygen atoms in total. The van der Waals surface area contributed by atoms with E-state index in [1.54, 1.807) is 4.90 Å². The number of hydrogen-bond acceptors (Lipinski definition) is 5. The number of halogens is 1. The molecule has 0 spiro atoms. The van der Waals surface area contributed by atoms with Crippen molar-refractivity contribution in [1.82, 2.24) is 9.88 Å². The maximum absolute atomic E-state index is 13.0. The molecule has 1 aliphatic heterocycles. The largest absolute Gasteiger partial charge is 0.378 e. The molecule has 1 aliphatic rings. The first-order valence-corrected chi connectivity index (χ1v) is 8.78. The zero-order valence-electron chi connectivity index (χ0n) is 14.2. The lowest BCUT2D eigenvalue weighted by atomic mass is 10.0. The molecule has 0 aliphatic carbocycles. The number of pyridine rings is 1. The van der Waals surface area contributed by atoms with Gasteiger partial charge in [-0.15, -0.1) is 0 Å². The van der Waals surface area contributed by atoms with Crippen molar-refractivity contribution >= 4 is 23.3 Å². The van der Waals surface area contributed by atoms with Crippen LogP contribution in [0.5, 0.6) is 0 Å². The van der Waals surface area contributed by atoms with Crippen LogP contribution in [0.3, 0.4) is 0 Å². The number of carbonyl (C=O) groups excluding carboxylic acids is 1. The molecule has 1 atom stereocenters. The number of nitrogens with one attached hydrogen (secondary N) is 1. The number of amides is 1. The fraction of sp³-hybridized carbons (Fsp3) is 0.316. The van der Waals surface area contributed by atoms with Gasteiger partial charge in [-0.05, 0) is 11.6 Å². The second kappa shape index (κ2) is 8.65. The van der Waals surface area contributed by atoms with E-state index in [2.05, 4.69) is 10.3 Å². The topological polar surface area (TPSA) is 78.2 Å². The Morgan fingerprint density at radius 3 is 2.73 bits per heavy atom. The van der Waals surface area contributed by atoms with Gasteiger partial charge in [0.2, 0.25) is 5.91 Å². The predicted octanol–water partition coefficient (Wildman–Crippen LogP) is 2.49. The van der Waals surface area contributed by atoms with Crippen molar-refractivity contribution in [1.29, 1.82) is 5.26 Å². The van der Waals surface area contributed by atoms with Crippen LogP contribution in [-0.2, 0) is 16.0 Å². The minimum absolute atomic E-state index is 0.0145. The average molecular weight is 371 g/mol. The molecule has 1 aromatic heterocycles. The van der Waals surface area contributed by atoms with Gasteiger partial charge in [0.15, 0.2) is 0 Å². The smallest absolute Gasteiger partial charge is 0.245 e. The minimum atomic E-state index is -0.506. The Labute approximate surface area is 157 Å². The fourth-order valence-corrected chi connectivity index (χ4v) is 3.05. The maximum atomic E-state index is 13.0. The van der Waals surface area contributed by atoms with Gasteiger partial charge in [0, 0.05) is 25.7 Å². The standard InChI is InChI=1S/C19H19ClN4O2/c20-16-10-15(12-21)13-22-18(16)23-17(11-14-4-2-1-3-5-14)19(25)24-6-8-26-9-7-24/h1-5,10,13,17H,6-9,11H2,(H,22,23). The summed E-state index contributed by atoms with van der Waals surface area (Å²) in [4.78, 5) is 19.0. The minimum Gasteiger partial charge on any atom is -0.378 e. The monoisotopic (exact) mass is 370 g/mol. The summed E-state index contributed by atoms with van der Waals surface area (Å²) in [7, 11) is 0. The van der Waals surface area contributed by atoms with Crippen molar-refractivity contribution in [3.05, 3.63) is 58.7 Å². The van der Waals surface area contributed by atoms with E-state index >= 15 is 0 Å². The van der Waals surface area contributed by atoms with Crippen molar-refractivity contribution in [3.63, 3.8) is 0 Å². The van der Waals surface area contributed by atoms with Crippen LogP contribution in [0, 0.1) is 11.3 Å². The number of anilines is 1. The summed E-state index contributed by atoms with van der Waals surface area (Å²) in [5.41, 5.74) is 1.41. The highest BCUT2D eigenvalue weighted by Gasteiger charge is 2.27. The van der Waals surface area contributed by atoms with Crippen molar-refractivity contribution in [3.8, 4) is 6.07 Å². The van der Waals surface area contributed by atoms with Gasteiger partial charge in [-0.1, -0.05) is 41.9 Å². The Morgan fingerprint density at radius 2 is 2.08 bits per heavy atom. The van der Waals surface area contributed by atoms with Crippen LogP contribution in [0.15, 0.2) is 42.6 Å². The van der Waals surface area contributed by atoms with Crippen LogP contribution in [0.4, 0.5) is 5.82 Å². The average Bonchev–Trinajstić information content (AvgIpc) is 2.69. The number of hydrogen-bond donors (Lipinski definition) is 1. The molecule has 0 saturated carbocycles. The molecule has 0 radical (unpaired) electrons. The molecule has 1 saturated heterocycles. The molecular weight excluding hydrogens is 352 g/mol. The van der Waals surface area contributed by atoms with Crippen molar-refractivity contribution in [2.24, 2.45) is 0 Å². The summed E-state index contributed by atoms with van der Waals surface area (Å²) >= 11 is 6.22. The number of benzene rings is 1. The number of nitriles is 1. The van der Waals surface area contributed by atoms with Gasteiger partial charge in [0.1, 0.15) is 17.9 Å². The molecule has 2 heterocycles. The van der Waals surface area contributed by atoms with Gasteiger partial charge < -0.3 is 15.0 Å². The first-order chi connectivity index (χ1) is 12.7. The normalized spacial score (nSPS) is 15.2. The van der Waals surface area contributed by atoms with Crippen LogP contribution >= 0.6 is 11.6 Å². The second-order valence-corrected chi connectivity index (χ2v) is 6.40. The summed E-state index contributed by atoms with van der Waals surface area (Å²) in [6, 6.07) is 12.8. The van der Waals surface area contributed by atoms with E-state index in [0.717, 1.165) is 5.56 Å². The third kappa shape index (κ3) is 4.51. The van der Waals surface area contributed by atoms with E-state index < -0.39 is 6.04 Å².